The molecule has 0 spiro atoms. The van der Waals surface area contributed by atoms with Crippen LogP contribution >= 0.6 is 15.9 Å². The lowest BCUT2D eigenvalue weighted by molar-refractivity contribution is -0.115. The predicted octanol–water partition coefficient (Wildman–Crippen LogP) is 0.753. The molecule has 0 saturated heterocycles. The van der Waals surface area contributed by atoms with Crippen molar-refractivity contribution in [2.45, 2.75) is 13.0 Å². The normalized spacial score (nSPS) is 12.2. The van der Waals surface area contributed by atoms with Crippen molar-refractivity contribution in [2.24, 2.45) is 0 Å². The molecule has 0 radical (unpaired) electrons. The maximum Gasteiger partial charge on any atom is 0.239 e. The number of hydrogen-bond donors (Lipinski definition) is 3. The largest absolute Gasteiger partial charge is 0.395 e. The van der Waals surface area contributed by atoms with E-state index in [0.717, 1.165) is 0 Å². The molecule has 1 atom stereocenters. The first-order valence-corrected chi connectivity index (χ1v) is 5.67. The molecule has 0 aliphatic carbocycles. The highest BCUT2D eigenvalue weighted by molar-refractivity contribution is 9.10. The summed E-state index contributed by atoms with van der Waals surface area (Å²) in [6, 6.07) is 5.18. The molecule has 1 heterocycles. The number of aromatic nitrogens is 1. The highest BCUT2D eigenvalue weighted by atomic mass is 79.9. The molecular formula is C10H14BrN3O2. The number of carbonyl (C=O) groups is 1. The van der Waals surface area contributed by atoms with Crippen LogP contribution in [0.3, 0.4) is 0 Å². The summed E-state index contributed by atoms with van der Waals surface area (Å²) in [6.07, 6.45) is 0. The Kier molecular flexibility index (Phi) is 5.37. The van der Waals surface area contributed by atoms with Gasteiger partial charge in [-0.05, 0) is 35.0 Å². The van der Waals surface area contributed by atoms with Crippen molar-refractivity contribution in [3.8, 4) is 0 Å². The van der Waals surface area contributed by atoms with Crippen molar-refractivity contribution in [1.82, 2.24) is 10.3 Å². The molecular weight excluding hydrogens is 274 g/mol. The SMILES string of the molecule is C[C@H](CO)NCC(=O)Nc1cccc(Br)n1. The highest BCUT2D eigenvalue weighted by Crippen LogP contribution is 2.09. The summed E-state index contributed by atoms with van der Waals surface area (Å²) < 4.78 is 0.669. The molecule has 0 aromatic carbocycles. The number of aliphatic hydroxyl groups is 1. The number of aliphatic hydroxyl groups excluding tert-OH is 1. The van der Waals surface area contributed by atoms with E-state index in [0.29, 0.717) is 10.4 Å². The molecule has 3 N–H and O–H groups in total. The maximum atomic E-state index is 11.4. The monoisotopic (exact) mass is 287 g/mol. The minimum absolute atomic E-state index is 0.00240. The summed E-state index contributed by atoms with van der Waals surface area (Å²) in [5.41, 5.74) is 0. The minimum atomic E-state index is -0.189. The zero-order valence-electron chi connectivity index (χ0n) is 8.90. The van der Waals surface area contributed by atoms with E-state index in [-0.39, 0.29) is 25.1 Å². The van der Waals surface area contributed by atoms with Gasteiger partial charge in [-0.25, -0.2) is 4.98 Å². The Morgan fingerprint density at radius 3 is 3.00 bits per heavy atom. The summed E-state index contributed by atoms with van der Waals surface area (Å²) in [5, 5.41) is 14.3. The van der Waals surface area contributed by atoms with Gasteiger partial charge in [0.25, 0.3) is 0 Å². The van der Waals surface area contributed by atoms with Gasteiger partial charge in [0, 0.05) is 6.04 Å². The van der Waals surface area contributed by atoms with Gasteiger partial charge in [-0.2, -0.15) is 0 Å². The first kappa shape index (κ1) is 13.1. The van der Waals surface area contributed by atoms with Crippen LogP contribution in [0.1, 0.15) is 6.92 Å². The van der Waals surface area contributed by atoms with Gasteiger partial charge in [-0.1, -0.05) is 6.07 Å². The van der Waals surface area contributed by atoms with E-state index in [2.05, 4.69) is 31.5 Å². The molecule has 1 aromatic rings. The van der Waals surface area contributed by atoms with E-state index < -0.39 is 0 Å². The molecule has 0 saturated carbocycles. The van der Waals surface area contributed by atoms with E-state index in [1.165, 1.54) is 0 Å². The number of rotatable bonds is 5. The molecule has 0 unspecified atom stereocenters. The number of halogens is 1. The van der Waals surface area contributed by atoms with Gasteiger partial charge < -0.3 is 15.7 Å². The van der Waals surface area contributed by atoms with Crippen LogP contribution in [0, 0.1) is 0 Å². The van der Waals surface area contributed by atoms with Crippen LogP contribution in [0.5, 0.6) is 0 Å². The van der Waals surface area contributed by atoms with E-state index >= 15 is 0 Å². The van der Waals surface area contributed by atoms with Crippen molar-refractivity contribution >= 4 is 27.7 Å². The van der Waals surface area contributed by atoms with E-state index in [9.17, 15) is 4.79 Å². The Balaban J connectivity index is 2.40. The van der Waals surface area contributed by atoms with Crippen LogP contribution in [-0.4, -0.2) is 35.2 Å². The quantitative estimate of drug-likeness (QED) is 0.699. The second kappa shape index (κ2) is 6.57. The standard InChI is InChI=1S/C10H14BrN3O2/c1-7(6-15)12-5-10(16)14-9-4-2-3-8(11)13-9/h2-4,7,12,15H,5-6H2,1H3,(H,13,14,16)/t7-/m1/s1. The lowest BCUT2D eigenvalue weighted by atomic mass is 10.3. The third kappa shape index (κ3) is 4.69. The fourth-order valence-electron chi connectivity index (χ4n) is 0.996. The second-order valence-electron chi connectivity index (χ2n) is 3.36. The first-order valence-electron chi connectivity index (χ1n) is 4.88. The molecule has 1 rings (SSSR count). The van der Waals surface area contributed by atoms with Gasteiger partial charge in [-0.15, -0.1) is 0 Å². The smallest absolute Gasteiger partial charge is 0.239 e. The lowest BCUT2D eigenvalue weighted by Gasteiger charge is -2.10. The van der Waals surface area contributed by atoms with Crippen molar-refractivity contribution < 1.29 is 9.90 Å². The van der Waals surface area contributed by atoms with Gasteiger partial charge in [0.05, 0.1) is 13.2 Å². The van der Waals surface area contributed by atoms with Crippen LogP contribution < -0.4 is 10.6 Å². The summed E-state index contributed by atoms with van der Waals surface area (Å²) in [6.45, 7) is 1.95. The minimum Gasteiger partial charge on any atom is -0.395 e. The molecule has 6 heteroatoms. The Bertz CT molecular complexity index is 360. The van der Waals surface area contributed by atoms with Gasteiger partial charge in [0.1, 0.15) is 10.4 Å². The second-order valence-corrected chi connectivity index (χ2v) is 4.17. The van der Waals surface area contributed by atoms with Gasteiger partial charge in [0.15, 0.2) is 0 Å². The topological polar surface area (TPSA) is 74.2 Å². The number of amides is 1. The average Bonchev–Trinajstić information content (AvgIpc) is 2.26. The van der Waals surface area contributed by atoms with Crippen LogP contribution in [-0.2, 0) is 4.79 Å². The summed E-state index contributed by atoms with van der Waals surface area (Å²) in [5.74, 6) is 0.309. The number of nitrogens with one attached hydrogen (secondary N) is 2. The highest BCUT2D eigenvalue weighted by Gasteiger charge is 2.05. The van der Waals surface area contributed by atoms with E-state index in [1.54, 1.807) is 25.1 Å². The fourth-order valence-corrected chi connectivity index (χ4v) is 1.34. The van der Waals surface area contributed by atoms with Crippen molar-refractivity contribution in [3.05, 3.63) is 22.8 Å². The number of nitrogens with zero attached hydrogens (tertiary/aromatic N) is 1. The molecule has 0 bridgehead atoms. The molecule has 88 valence electrons. The van der Waals surface area contributed by atoms with Gasteiger partial charge in [0.2, 0.25) is 5.91 Å². The third-order valence-electron chi connectivity index (χ3n) is 1.87. The van der Waals surface area contributed by atoms with Crippen LogP contribution in [0.25, 0.3) is 0 Å². The van der Waals surface area contributed by atoms with Gasteiger partial charge >= 0.3 is 0 Å². The fraction of sp³-hybridized carbons (Fsp3) is 0.400. The van der Waals surface area contributed by atoms with Crippen LogP contribution in [0.15, 0.2) is 22.8 Å². The van der Waals surface area contributed by atoms with Gasteiger partial charge in [-0.3, -0.25) is 4.79 Å². The number of anilines is 1. The number of carbonyl (C=O) groups excluding carboxylic acids is 1. The summed E-state index contributed by atoms with van der Waals surface area (Å²) in [7, 11) is 0. The Hall–Kier alpha value is -0.980. The Morgan fingerprint density at radius 1 is 1.62 bits per heavy atom. The van der Waals surface area contributed by atoms with Crippen LogP contribution in [0.4, 0.5) is 5.82 Å². The molecule has 16 heavy (non-hydrogen) atoms. The molecule has 1 amide bonds. The molecule has 0 aliphatic heterocycles. The first-order chi connectivity index (χ1) is 7.61. The Labute approximate surface area is 102 Å². The van der Waals surface area contributed by atoms with Crippen molar-refractivity contribution in [2.75, 3.05) is 18.5 Å². The molecule has 1 aromatic heterocycles. The summed E-state index contributed by atoms with van der Waals surface area (Å²) >= 11 is 3.21. The molecule has 0 aliphatic rings. The average molecular weight is 288 g/mol. The zero-order chi connectivity index (χ0) is 12.0. The predicted molar refractivity (Wildman–Crippen MR) is 65.1 cm³/mol. The summed E-state index contributed by atoms with van der Waals surface area (Å²) in [4.78, 5) is 15.5. The van der Waals surface area contributed by atoms with Crippen molar-refractivity contribution in [1.29, 1.82) is 0 Å². The molecule has 0 fully saturated rings. The lowest BCUT2D eigenvalue weighted by Crippen LogP contribution is -2.36. The maximum absolute atomic E-state index is 11.4. The van der Waals surface area contributed by atoms with Crippen LogP contribution in [0.2, 0.25) is 0 Å². The third-order valence-corrected chi connectivity index (χ3v) is 2.31. The van der Waals surface area contributed by atoms with Crippen molar-refractivity contribution in [3.63, 3.8) is 0 Å². The number of pyridine rings is 1. The van der Waals surface area contributed by atoms with E-state index in [1.807, 2.05) is 0 Å². The number of hydrogen-bond acceptors (Lipinski definition) is 4. The van der Waals surface area contributed by atoms with E-state index in [4.69, 9.17) is 5.11 Å². The zero-order valence-corrected chi connectivity index (χ0v) is 10.5. The Morgan fingerprint density at radius 2 is 2.38 bits per heavy atom. The molecule has 5 nitrogen and oxygen atoms in total.